The number of hydrogen-bond acceptors (Lipinski definition) is 3. The number of alkyl halides is 3. The largest absolute Gasteiger partial charge is 0.418 e. The first-order chi connectivity index (χ1) is 6.36. The van der Waals surface area contributed by atoms with E-state index in [2.05, 4.69) is 4.98 Å². The molecule has 6 heteroatoms. The Morgan fingerprint density at radius 3 is 2.50 bits per heavy atom. The molecule has 1 rings (SSSR count). The van der Waals surface area contributed by atoms with Gasteiger partial charge in [-0.25, -0.2) is 4.98 Å². The number of nitrogen functional groups attached to an aromatic ring is 1. The minimum Gasteiger partial charge on any atom is -0.384 e. The SMILES string of the molecule is Cc1cc(N)nc(C=O)c1C(F)(F)F. The third-order valence-electron chi connectivity index (χ3n) is 1.66. The van der Waals surface area contributed by atoms with E-state index in [9.17, 15) is 18.0 Å². The number of halogens is 3. The van der Waals surface area contributed by atoms with E-state index in [1.165, 1.54) is 6.92 Å². The van der Waals surface area contributed by atoms with Gasteiger partial charge in [0.15, 0.2) is 6.29 Å². The predicted molar refractivity (Wildman–Crippen MR) is 43.8 cm³/mol. The molecule has 76 valence electrons. The number of nitrogens with two attached hydrogens (primary N) is 1. The number of rotatable bonds is 1. The van der Waals surface area contributed by atoms with E-state index in [1.54, 1.807) is 0 Å². The van der Waals surface area contributed by atoms with E-state index in [0.29, 0.717) is 0 Å². The molecule has 2 N–H and O–H groups in total. The molecule has 0 aliphatic heterocycles. The lowest BCUT2D eigenvalue weighted by Crippen LogP contribution is -2.14. The summed E-state index contributed by atoms with van der Waals surface area (Å²) in [5.74, 6) is -0.0994. The van der Waals surface area contributed by atoms with Crippen molar-refractivity contribution in [1.29, 1.82) is 0 Å². The topological polar surface area (TPSA) is 56.0 Å². The molecule has 0 aliphatic carbocycles. The van der Waals surface area contributed by atoms with Crippen molar-refractivity contribution in [2.45, 2.75) is 13.1 Å². The Labute approximate surface area is 77.7 Å². The van der Waals surface area contributed by atoms with Gasteiger partial charge in [0.05, 0.1) is 5.56 Å². The van der Waals surface area contributed by atoms with E-state index in [4.69, 9.17) is 5.73 Å². The van der Waals surface area contributed by atoms with Crippen molar-refractivity contribution in [3.63, 3.8) is 0 Å². The summed E-state index contributed by atoms with van der Waals surface area (Å²) < 4.78 is 37.2. The average molecular weight is 204 g/mol. The maximum Gasteiger partial charge on any atom is 0.418 e. The molecule has 0 atom stereocenters. The highest BCUT2D eigenvalue weighted by atomic mass is 19.4. The minimum absolute atomic E-state index is 0.0478. The Kier molecular flexibility index (Phi) is 2.46. The molecule has 0 saturated carbocycles. The summed E-state index contributed by atoms with van der Waals surface area (Å²) in [4.78, 5) is 13.7. The Morgan fingerprint density at radius 1 is 1.50 bits per heavy atom. The lowest BCUT2D eigenvalue weighted by atomic mass is 10.1. The zero-order chi connectivity index (χ0) is 10.9. The monoisotopic (exact) mass is 204 g/mol. The van der Waals surface area contributed by atoms with Crippen LogP contribution < -0.4 is 5.73 Å². The maximum absolute atomic E-state index is 12.4. The highest BCUT2D eigenvalue weighted by Gasteiger charge is 2.36. The van der Waals surface area contributed by atoms with Gasteiger partial charge < -0.3 is 5.73 Å². The van der Waals surface area contributed by atoms with Gasteiger partial charge in [0, 0.05) is 0 Å². The molecule has 1 aromatic rings. The molecule has 0 aliphatic rings. The van der Waals surface area contributed by atoms with Crippen molar-refractivity contribution in [2.75, 3.05) is 5.73 Å². The fraction of sp³-hybridized carbons (Fsp3) is 0.250. The number of carbonyl (C=O) groups is 1. The van der Waals surface area contributed by atoms with Crippen molar-refractivity contribution >= 4 is 12.1 Å². The molecule has 0 saturated heterocycles. The zero-order valence-electron chi connectivity index (χ0n) is 7.22. The Morgan fingerprint density at radius 2 is 2.07 bits per heavy atom. The number of anilines is 1. The van der Waals surface area contributed by atoms with Crippen LogP contribution >= 0.6 is 0 Å². The first kappa shape index (κ1) is 10.5. The van der Waals surface area contributed by atoms with Crippen LogP contribution in [0.4, 0.5) is 19.0 Å². The molecule has 0 radical (unpaired) electrons. The molecule has 0 bridgehead atoms. The third-order valence-corrected chi connectivity index (χ3v) is 1.66. The second kappa shape index (κ2) is 3.28. The van der Waals surface area contributed by atoms with Crippen molar-refractivity contribution in [2.24, 2.45) is 0 Å². The first-order valence-electron chi connectivity index (χ1n) is 3.65. The highest BCUT2D eigenvalue weighted by Crippen LogP contribution is 2.33. The van der Waals surface area contributed by atoms with Crippen LogP contribution in [0.25, 0.3) is 0 Å². The lowest BCUT2D eigenvalue weighted by Gasteiger charge is -2.12. The van der Waals surface area contributed by atoms with Gasteiger partial charge in [0.2, 0.25) is 0 Å². The van der Waals surface area contributed by atoms with Crippen LogP contribution in [0.2, 0.25) is 0 Å². The second-order valence-corrected chi connectivity index (χ2v) is 2.74. The Hall–Kier alpha value is -1.59. The Bertz CT molecular complexity index is 374. The fourth-order valence-electron chi connectivity index (χ4n) is 1.18. The van der Waals surface area contributed by atoms with Crippen molar-refractivity contribution in [3.05, 3.63) is 22.9 Å². The summed E-state index contributed by atoms with van der Waals surface area (Å²) in [5.41, 5.74) is 3.41. The van der Waals surface area contributed by atoms with Crippen LogP contribution in [0.15, 0.2) is 6.07 Å². The van der Waals surface area contributed by atoms with Crippen LogP contribution in [0.1, 0.15) is 21.6 Å². The van der Waals surface area contributed by atoms with Gasteiger partial charge >= 0.3 is 6.18 Å². The first-order valence-corrected chi connectivity index (χ1v) is 3.65. The lowest BCUT2D eigenvalue weighted by molar-refractivity contribution is -0.138. The minimum atomic E-state index is -4.58. The maximum atomic E-state index is 12.4. The van der Waals surface area contributed by atoms with E-state index in [0.717, 1.165) is 6.07 Å². The fourth-order valence-corrected chi connectivity index (χ4v) is 1.18. The van der Waals surface area contributed by atoms with Crippen LogP contribution in [0, 0.1) is 6.92 Å². The molecule has 1 heterocycles. The summed E-state index contributed by atoms with van der Waals surface area (Å²) in [6.07, 6.45) is -4.53. The summed E-state index contributed by atoms with van der Waals surface area (Å²) in [7, 11) is 0. The van der Waals surface area contributed by atoms with Crippen molar-refractivity contribution < 1.29 is 18.0 Å². The number of aromatic nitrogens is 1. The summed E-state index contributed by atoms with van der Waals surface area (Å²) in [6.45, 7) is 1.23. The van der Waals surface area contributed by atoms with Gasteiger partial charge in [0.1, 0.15) is 11.5 Å². The van der Waals surface area contributed by atoms with E-state index >= 15 is 0 Å². The molecule has 0 fully saturated rings. The highest BCUT2D eigenvalue weighted by molar-refractivity contribution is 5.76. The van der Waals surface area contributed by atoms with Gasteiger partial charge in [-0.1, -0.05) is 0 Å². The van der Waals surface area contributed by atoms with Gasteiger partial charge in [-0.15, -0.1) is 0 Å². The molecule has 0 unspecified atom stereocenters. The summed E-state index contributed by atoms with van der Waals surface area (Å²) in [5, 5.41) is 0. The number of carbonyl (C=O) groups excluding carboxylic acids is 1. The van der Waals surface area contributed by atoms with E-state index < -0.39 is 17.4 Å². The number of aryl methyl sites for hydroxylation is 1. The summed E-state index contributed by atoms with van der Waals surface area (Å²) in [6, 6.07) is 1.08. The Balaban J connectivity index is 3.48. The molecular weight excluding hydrogens is 197 g/mol. The van der Waals surface area contributed by atoms with Crippen molar-refractivity contribution in [3.8, 4) is 0 Å². The van der Waals surface area contributed by atoms with Crippen LogP contribution in [0.3, 0.4) is 0 Å². The van der Waals surface area contributed by atoms with Gasteiger partial charge in [-0.2, -0.15) is 13.2 Å². The molecule has 3 nitrogen and oxygen atoms in total. The number of pyridine rings is 1. The van der Waals surface area contributed by atoms with Gasteiger partial charge in [-0.05, 0) is 18.6 Å². The number of hydrogen-bond donors (Lipinski definition) is 1. The predicted octanol–water partition coefficient (Wildman–Crippen LogP) is 1.80. The molecule has 14 heavy (non-hydrogen) atoms. The van der Waals surface area contributed by atoms with E-state index in [-0.39, 0.29) is 17.7 Å². The van der Waals surface area contributed by atoms with Gasteiger partial charge in [-0.3, -0.25) is 4.79 Å². The third kappa shape index (κ3) is 1.84. The standard InChI is InChI=1S/C8H7F3N2O/c1-4-2-6(12)13-5(3-14)7(4)8(9,10)11/h2-3H,1H3,(H2,12,13). The van der Waals surface area contributed by atoms with Crippen molar-refractivity contribution in [1.82, 2.24) is 4.98 Å². The molecule has 0 spiro atoms. The molecule has 0 aromatic carbocycles. The summed E-state index contributed by atoms with van der Waals surface area (Å²) >= 11 is 0. The van der Waals surface area contributed by atoms with Crippen LogP contribution in [-0.2, 0) is 6.18 Å². The number of aldehydes is 1. The van der Waals surface area contributed by atoms with Crippen LogP contribution in [-0.4, -0.2) is 11.3 Å². The van der Waals surface area contributed by atoms with E-state index in [1.807, 2.05) is 0 Å². The average Bonchev–Trinajstić information content (AvgIpc) is 1.99. The smallest absolute Gasteiger partial charge is 0.384 e. The normalized spacial score (nSPS) is 11.4. The van der Waals surface area contributed by atoms with Crippen LogP contribution in [0.5, 0.6) is 0 Å². The zero-order valence-corrected chi connectivity index (χ0v) is 7.22. The molecule has 1 aromatic heterocycles. The molecular formula is C8H7F3N2O. The molecule has 0 amide bonds. The van der Waals surface area contributed by atoms with Gasteiger partial charge in [0.25, 0.3) is 0 Å². The number of nitrogens with zero attached hydrogens (tertiary/aromatic N) is 1. The second-order valence-electron chi connectivity index (χ2n) is 2.74. The quantitative estimate of drug-likeness (QED) is 0.709.